The van der Waals surface area contributed by atoms with E-state index in [0.717, 1.165) is 13.5 Å². The van der Waals surface area contributed by atoms with Gasteiger partial charge in [-0.2, -0.15) is 8.42 Å². The minimum absolute atomic E-state index is 0.0756. The first-order valence-corrected chi connectivity index (χ1v) is 5.49. The predicted molar refractivity (Wildman–Crippen MR) is 46.5 cm³/mol. The molecular weight excluding hydrogens is 180 g/mol. The average Bonchev–Trinajstić information content (AvgIpc) is 2.04. The van der Waals surface area contributed by atoms with E-state index in [1.165, 1.54) is 0 Å². The quantitative estimate of drug-likeness (QED) is 0.589. The van der Waals surface area contributed by atoms with Gasteiger partial charge in [0, 0.05) is 0 Å². The van der Waals surface area contributed by atoms with E-state index < -0.39 is 10.1 Å². The summed E-state index contributed by atoms with van der Waals surface area (Å²) in [5, 5.41) is 0. The van der Waals surface area contributed by atoms with E-state index in [9.17, 15) is 8.42 Å². The summed E-state index contributed by atoms with van der Waals surface area (Å²) in [4.78, 5) is 0. The van der Waals surface area contributed by atoms with Gasteiger partial charge >= 0.3 is 0 Å². The molecule has 0 aliphatic carbocycles. The zero-order valence-corrected chi connectivity index (χ0v) is 8.56. The fraction of sp³-hybridized carbons (Fsp3) is 1.00. The largest absolute Gasteiger partial charge is 0.377 e. The van der Waals surface area contributed by atoms with E-state index >= 15 is 0 Å². The van der Waals surface area contributed by atoms with Crippen molar-refractivity contribution in [2.24, 2.45) is 0 Å². The molecule has 0 bridgehead atoms. The van der Waals surface area contributed by atoms with Crippen molar-refractivity contribution in [2.75, 3.05) is 19.5 Å². The smallest absolute Gasteiger partial charge is 0.269 e. The fourth-order valence-corrected chi connectivity index (χ4v) is 1.02. The Morgan fingerprint density at radius 1 is 1.42 bits per heavy atom. The highest BCUT2D eigenvalue weighted by Crippen LogP contribution is 1.97. The molecule has 0 aliphatic heterocycles. The third-order valence-corrected chi connectivity index (χ3v) is 2.74. The van der Waals surface area contributed by atoms with Crippen molar-refractivity contribution in [1.82, 2.24) is 0 Å². The predicted octanol–water partition coefficient (Wildman–Crippen LogP) is 0.778. The van der Waals surface area contributed by atoms with Gasteiger partial charge in [-0.3, -0.25) is 4.18 Å². The summed E-state index contributed by atoms with van der Waals surface area (Å²) in [6.07, 6.45) is 0.990. The van der Waals surface area contributed by atoms with Crippen molar-refractivity contribution in [3.05, 3.63) is 0 Å². The van der Waals surface area contributed by atoms with Crippen LogP contribution in [0.4, 0.5) is 0 Å². The van der Waals surface area contributed by atoms with E-state index in [1.54, 1.807) is 0 Å². The molecule has 74 valence electrons. The van der Waals surface area contributed by atoms with Crippen LogP contribution in [0.3, 0.4) is 0 Å². The molecule has 4 nitrogen and oxygen atoms in total. The van der Waals surface area contributed by atoms with Gasteiger partial charge in [0.15, 0.2) is 0 Å². The first-order chi connectivity index (χ1) is 5.52. The molecule has 0 radical (unpaired) electrons. The molecule has 0 heterocycles. The van der Waals surface area contributed by atoms with Gasteiger partial charge in [-0.15, -0.1) is 0 Å². The monoisotopic (exact) mass is 196 g/mol. The molecule has 5 heteroatoms. The minimum Gasteiger partial charge on any atom is -0.377 e. The Bertz CT molecular complexity index is 197. The van der Waals surface area contributed by atoms with Crippen molar-refractivity contribution >= 4 is 10.1 Å². The van der Waals surface area contributed by atoms with Crippen LogP contribution in [0, 0.1) is 0 Å². The van der Waals surface area contributed by atoms with Crippen LogP contribution >= 0.6 is 0 Å². The van der Waals surface area contributed by atoms with Gasteiger partial charge in [-0.25, -0.2) is 0 Å². The second-order valence-corrected chi connectivity index (χ2v) is 4.38. The lowest BCUT2D eigenvalue weighted by Crippen LogP contribution is -2.17. The highest BCUT2D eigenvalue weighted by Gasteiger charge is 2.08. The highest BCUT2D eigenvalue weighted by atomic mass is 32.2. The molecule has 0 saturated heterocycles. The Hall–Kier alpha value is -0.130. The van der Waals surface area contributed by atoms with Gasteiger partial charge in [-0.05, 0) is 13.3 Å². The second kappa shape index (κ2) is 5.50. The summed E-state index contributed by atoms with van der Waals surface area (Å²) in [7, 11) is -2.20. The van der Waals surface area contributed by atoms with Crippen molar-refractivity contribution in [1.29, 1.82) is 0 Å². The first kappa shape index (κ1) is 11.9. The molecule has 12 heavy (non-hydrogen) atoms. The standard InChI is InChI=1S/C7H16O4S/c1-4-7(2)11-5-6-12(8,9)10-3/h7H,4-6H2,1-3H3. The highest BCUT2D eigenvalue weighted by molar-refractivity contribution is 7.86. The third kappa shape index (κ3) is 5.51. The minimum atomic E-state index is -3.35. The van der Waals surface area contributed by atoms with Gasteiger partial charge < -0.3 is 4.74 Å². The maximum Gasteiger partial charge on any atom is 0.269 e. The summed E-state index contributed by atoms with van der Waals surface area (Å²) in [5.74, 6) is -0.0756. The van der Waals surface area contributed by atoms with Crippen LogP contribution in [-0.2, 0) is 19.0 Å². The third-order valence-electron chi connectivity index (χ3n) is 1.56. The van der Waals surface area contributed by atoms with Crippen LogP contribution in [0.2, 0.25) is 0 Å². The van der Waals surface area contributed by atoms with Crippen LogP contribution in [0.25, 0.3) is 0 Å². The molecular formula is C7H16O4S. The lowest BCUT2D eigenvalue weighted by Gasteiger charge is -2.09. The molecule has 0 fully saturated rings. The van der Waals surface area contributed by atoms with Crippen LogP contribution in [0.15, 0.2) is 0 Å². The normalized spacial score (nSPS) is 14.6. The van der Waals surface area contributed by atoms with E-state index in [-0.39, 0.29) is 18.5 Å². The summed E-state index contributed by atoms with van der Waals surface area (Å²) >= 11 is 0. The van der Waals surface area contributed by atoms with E-state index in [2.05, 4.69) is 4.18 Å². The van der Waals surface area contributed by atoms with Crippen molar-refractivity contribution in [2.45, 2.75) is 26.4 Å². The number of hydrogen-bond donors (Lipinski definition) is 0. The lowest BCUT2D eigenvalue weighted by atomic mass is 10.3. The van der Waals surface area contributed by atoms with Crippen molar-refractivity contribution < 1.29 is 17.3 Å². The maximum absolute atomic E-state index is 10.8. The molecule has 0 aromatic carbocycles. The summed E-state index contributed by atoms with van der Waals surface area (Å²) in [6.45, 7) is 4.08. The Morgan fingerprint density at radius 3 is 2.42 bits per heavy atom. The Labute approximate surface area is 74.0 Å². The van der Waals surface area contributed by atoms with Crippen LogP contribution in [0.5, 0.6) is 0 Å². The van der Waals surface area contributed by atoms with Crippen molar-refractivity contribution in [3.63, 3.8) is 0 Å². The topological polar surface area (TPSA) is 52.6 Å². The molecule has 0 aromatic heterocycles. The van der Waals surface area contributed by atoms with Gasteiger partial charge in [0.25, 0.3) is 10.1 Å². The van der Waals surface area contributed by atoms with Gasteiger partial charge in [0.2, 0.25) is 0 Å². The number of rotatable bonds is 6. The maximum atomic E-state index is 10.8. The second-order valence-electron chi connectivity index (χ2n) is 2.52. The van der Waals surface area contributed by atoms with Gasteiger partial charge in [-0.1, -0.05) is 6.92 Å². The van der Waals surface area contributed by atoms with Crippen molar-refractivity contribution in [3.8, 4) is 0 Å². The summed E-state index contributed by atoms with van der Waals surface area (Å²) in [5.41, 5.74) is 0. The fourth-order valence-electron chi connectivity index (χ4n) is 0.553. The number of hydrogen-bond acceptors (Lipinski definition) is 4. The lowest BCUT2D eigenvalue weighted by molar-refractivity contribution is 0.0743. The Morgan fingerprint density at radius 2 is 2.00 bits per heavy atom. The number of ether oxygens (including phenoxy) is 1. The van der Waals surface area contributed by atoms with Crippen LogP contribution < -0.4 is 0 Å². The zero-order valence-electron chi connectivity index (χ0n) is 7.74. The summed E-state index contributed by atoms with van der Waals surface area (Å²) < 4.78 is 30.9. The van der Waals surface area contributed by atoms with E-state index in [4.69, 9.17) is 4.74 Å². The molecule has 0 spiro atoms. The van der Waals surface area contributed by atoms with Crippen LogP contribution in [0.1, 0.15) is 20.3 Å². The molecule has 1 atom stereocenters. The summed E-state index contributed by atoms with van der Waals surface area (Å²) in [6, 6.07) is 0. The molecule has 0 rings (SSSR count). The van der Waals surface area contributed by atoms with Gasteiger partial charge in [0.05, 0.1) is 25.6 Å². The first-order valence-electron chi connectivity index (χ1n) is 3.91. The van der Waals surface area contributed by atoms with Crippen LogP contribution in [-0.4, -0.2) is 34.0 Å². The Kier molecular flexibility index (Phi) is 5.44. The zero-order chi connectivity index (χ0) is 9.61. The Balaban J connectivity index is 3.57. The molecule has 0 N–H and O–H groups in total. The molecule has 0 amide bonds. The SMILES string of the molecule is CCC(C)OCCS(=O)(=O)OC. The molecule has 0 aromatic rings. The molecule has 1 unspecified atom stereocenters. The van der Waals surface area contributed by atoms with E-state index in [1.807, 2.05) is 13.8 Å². The molecule has 0 aliphatic rings. The van der Waals surface area contributed by atoms with Gasteiger partial charge in [0.1, 0.15) is 0 Å². The van der Waals surface area contributed by atoms with E-state index in [0.29, 0.717) is 0 Å². The average molecular weight is 196 g/mol. The molecule has 0 saturated carbocycles.